The molecule has 0 bridgehead atoms. The van der Waals surface area contributed by atoms with E-state index >= 15 is 0 Å². The molecule has 21 heavy (non-hydrogen) atoms. The van der Waals surface area contributed by atoms with E-state index in [1.165, 1.54) is 4.90 Å². The van der Waals surface area contributed by atoms with Crippen molar-refractivity contribution in [2.75, 3.05) is 13.1 Å². The number of rotatable bonds is 3. The molecule has 2 amide bonds. The number of halogens is 1. The number of hydrogen-bond donors (Lipinski definition) is 2. The first-order chi connectivity index (χ1) is 9.91. The highest BCUT2D eigenvalue weighted by Gasteiger charge is 2.35. The van der Waals surface area contributed by atoms with Gasteiger partial charge in [0.2, 0.25) is 5.91 Å². The van der Waals surface area contributed by atoms with Crippen LogP contribution in [0.25, 0.3) is 0 Å². The van der Waals surface area contributed by atoms with E-state index < -0.39 is 30.2 Å². The van der Waals surface area contributed by atoms with Gasteiger partial charge in [-0.3, -0.25) is 14.4 Å². The Bertz CT molecular complexity index is 603. The molecule has 1 saturated heterocycles. The van der Waals surface area contributed by atoms with Crippen molar-refractivity contribution in [1.82, 2.24) is 10.2 Å². The Hall–Kier alpha value is -2.08. The highest BCUT2D eigenvalue weighted by atomic mass is 35.5. The first-order valence-corrected chi connectivity index (χ1v) is 6.85. The lowest BCUT2D eigenvalue weighted by molar-refractivity contribution is -0.142. The highest BCUT2D eigenvalue weighted by Crippen LogP contribution is 2.23. The standard InChI is InChI=1S/C14H15ClN2O4/c1-8-3-2-4-9(12(8)15)14(21)17-6-5-16-13(20)10(17)7-11(18)19/h2-4,10H,5-7H2,1H3,(H,16,20)(H,18,19). The molecule has 2 N–H and O–H groups in total. The summed E-state index contributed by atoms with van der Waals surface area (Å²) in [7, 11) is 0. The van der Waals surface area contributed by atoms with Crippen molar-refractivity contribution in [1.29, 1.82) is 0 Å². The van der Waals surface area contributed by atoms with E-state index in [4.69, 9.17) is 16.7 Å². The van der Waals surface area contributed by atoms with Crippen LogP contribution in [0.15, 0.2) is 18.2 Å². The molecule has 0 radical (unpaired) electrons. The molecule has 112 valence electrons. The maximum Gasteiger partial charge on any atom is 0.305 e. The molecular weight excluding hydrogens is 296 g/mol. The number of carbonyl (C=O) groups excluding carboxylic acids is 2. The van der Waals surface area contributed by atoms with Crippen molar-refractivity contribution in [3.8, 4) is 0 Å². The van der Waals surface area contributed by atoms with E-state index in [9.17, 15) is 14.4 Å². The van der Waals surface area contributed by atoms with Crippen LogP contribution in [0.5, 0.6) is 0 Å². The van der Waals surface area contributed by atoms with E-state index in [-0.39, 0.29) is 12.1 Å². The van der Waals surface area contributed by atoms with Gasteiger partial charge >= 0.3 is 5.97 Å². The number of nitrogens with zero attached hydrogens (tertiary/aromatic N) is 1. The predicted octanol–water partition coefficient (Wildman–Crippen LogP) is 1.06. The monoisotopic (exact) mass is 310 g/mol. The minimum atomic E-state index is -1.13. The van der Waals surface area contributed by atoms with Crippen LogP contribution in [0.4, 0.5) is 0 Å². The molecule has 1 aliphatic rings. The Labute approximate surface area is 126 Å². The van der Waals surface area contributed by atoms with E-state index in [0.29, 0.717) is 11.6 Å². The molecule has 6 nitrogen and oxygen atoms in total. The van der Waals surface area contributed by atoms with Crippen LogP contribution in [-0.4, -0.2) is 46.9 Å². The van der Waals surface area contributed by atoms with Crippen molar-refractivity contribution < 1.29 is 19.5 Å². The third kappa shape index (κ3) is 3.16. The van der Waals surface area contributed by atoms with Gasteiger partial charge in [0.1, 0.15) is 6.04 Å². The lowest BCUT2D eigenvalue weighted by atomic mass is 10.1. The molecule has 2 rings (SSSR count). The summed E-state index contributed by atoms with van der Waals surface area (Å²) in [5.74, 6) is -2.02. The summed E-state index contributed by atoms with van der Waals surface area (Å²) in [6.07, 6.45) is -0.430. The van der Waals surface area contributed by atoms with Crippen LogP contribution in [0.1, 0.15) is 22.3 Å². The van der Waals surface area contributed by atoms with E-state index in [0.717, 1.165) is 5.56 Å². The summed E-state index contributed by atoms with van der Waals surface area (Å²) >= 11 is 6.13. The van der Waals surface area contributed by atoms with E-state index in [2.05, 4.69) is 5.32 Å². The number of carbonyl (C=O) groups is 3. The summed E-state index contributed by atoms with van der Waals surface area (Å²) in [5.41, 5.74) is 1.03. The van der Waals surface area contributed by atoms with Gasteiger partial charge in [0.15, 0.2) is 0 Å². The summed E-state index contributed by atoms with van der Waals surface area (Å²) in [4.78, 5) is 36.6. The summed E-state index contributed by atoms with van der Waals surface area (Å²) in [6.45, 7) is 2.33. The SMILES string of the molecule is Cc1cccc(C(=O)N2CCNC(=O)C2CC(=O)O)c1Cl. The van der Waals surface area contributed by atoms with Gasteiger partial charge in [0.05, 0.1) is 17.0 Å². The summed E-state index contributed by atoms with van der Waals surface area (Å²) < 4.78 is 0. The molecular formula is C14H15ClN2O4. The molecule has 7 heteroatoms. The fraction of sp³-hybridized carbons (Fsp3) is 0.357. The van der Waals surface area contributed by atoms with Crippen LogP contribution in [0, 0.1) is 6.92 Å². The number of piperazine rings is 1. The Morgan fingerprint density at radius 1 is 1.48 bits per heavy atom. The average molecular weight is 311 g/mol. The normalized spacial score (nSPS) is 18.3. The Balaban J connectivity index is 2.32. The number of nitrogens with one attached hydrogen (secondary N) is 1. The first kappa shape index (κ1) is 15.3. The van der Waals surface area contributed by atoms with Crippen molar-refractivity contribution in [2.45, 2.75) is 19.4 Å². The Morgan fingerprint density at radius 3 is 2.86 bits per heavy atom. The molecule has 1 aromatic rings. The van der Waals surface area contributed by atoms with Gasteiger partial charge in [-0.25, -0.2) is 0 Å². The molecule has 0 aliphatic carbocycles. The van der Waals surface area contributed by atoms with Crippen LogP contribution >= 0.6 is 11.6 Å². The fourth-order valence-electron chi connectivity index (χ4n) is 2.29. The van der Waals surface area contributed by atoms with Gasteiger partial charge in [-0.05, 0) is 18.6 Å². The number of benzene rings is 1. The van der Waals surface area contributed by atoms with Gasteiger partial charge in [-0.1, -0.05) is 23.7 Å². The second-order valence-electron chi connectivity index (χ2n) is 4.84. The lowest BCUT2D eigenvalue weighted by Gasteiger charge is -2.34. The zero-order chi connectivity index (χ0) is 15.6. The molecule has 0 spiro atoms. The molecule has 1 heterocycles. The minimum Gasteiger partial charge on any atom is -0.481 e. The third-order valence-electron chi connectivity index (χ3n) is 3.38. The molecule has 1 fully saturated rings. The molecule has 1 unspecified atom stereocenters. The van der Waals surface area contributed by atoms with Crippen molar-refractivity contribution >= 4 is 29.4 Å². The largest absolute Gasteiger partial charge is 0.481 e. The van der Waals surface area contributed by atoms with Gasteiger partial charge in [0, 0.05) is 13.1 Å². The molecule has 0 saturated carbocycles. The topological polar surface area (TPSA) is 86.7 Å². The van der Waals surface area contributed by atoms with Crippen molar-refractivity contribution in [2.24, 2.45) is 0 Å². The molecule has 1 aromatic carbocycles. The van der Waals surface area contributed by atoms with Crippen molar-refractivity contribution in [3.05, 3.63) is 34.3 Å². The second-order valence-corrected chi connectivity index (χ2v) is 5.22. The Kier molecular flexibility index (Phi) is 4.47. The number of hydrogen-bond acceptors (Lipinski definition) is 3. The van der Waals surface area contributed by atoms with Crippen LogP contribution in [0.2, 0.25) is 5.02 Å². The first-order valence-electron chi connectivity index (χ1n) is 6.47. The second kappa shape index (κ2) is 6.13. The van der Waals surface area contributed by atoms with Gasteiger partial charge < -0.3 is 15.3 Å². The van der Waals surface area contributed by atoms with Gasteiger partial charge in [0.25, 0.3) is 5.91 Å². The minimum absolute atomic E-state index is 0.257. The van der Waals surface area contributed by atoms with Crippen molar-refractivity contribution in [3.63, 3.8) is 0 Å². The zero-order valence-electron chi connectivity index (χ0n) is 11.4. The highest BCUT2D eigenvalue weighted by molar-refractivity contribution is 6.34. The molecule has 1 atom stereocenters. The number of carboxylic acid groups (broad SMARTS) is 1. The zero-order valence-corrected chi connectivity index (χ0v) is 12.2. The third-order valence-corrected chi connectivity index (χ3v) is 3.88. The quantitative estimate of drug-likeness (QED) is 0.874. The maximum absolute atomic E-state index is 12.6. The fourth-order valence-corrected chi connectivity index (χ4v) is 2.50. The van der Waals surface area contributed by atoms with E-state index in [1.807, 2.05) is 0 Å². The summed E-state index contributed by atoms with van der Waals surface area (Å²) in [5, 5.41) is 11.8. The molecule has 0 aromatic heterocycles. The Morgan fingerprint density at radius 2 is 2.19 bits per heavy atom. The number of aryl methyl sites for hydroxylation is 1. The average Bonchev–Trinajstić information content (AvgIpc) is 2.43. The van der Waals surface area contributed by atoms with Crippen LogP contribution in [0.3, 0.4) is 0 Å². The number of carboxylic acids is 1. The number of amides is 2. The smallest absolute Gasteiger partial charge is 0.305 e. The summed E-state index contributed by atoms with van der Waals surface area (Å²) in [6, 6.07) is 4.03. The molecule has 1 aliphatic heterocycles. The van der Waals surface area contributed by atoms with Crippen LogP contribution in [-0.2, 0) is 9.59 Å². The lowest BCUT2D eigenvalue weighted by Crippen LogP contribution is -2.57. The van der Waals surface area contributed by atoms with Crippen LogP contribution < -0.4 is 5.32 Å². The maximum atomic E-state index is 12.6. The van der Waals surface area contributed by atoms with Gasteiger partial charge in [-0.2, -0.15) is 0 Å². The van der Waals surface area contributed by atoms with E-state index in [1.54, 1.807) is 25.1 Å². The van der Waals surface area contributed by atoms with Gasteiger partial charge in [-0.15, -0.1) is 0 Å². The predicted molar refractivity (Wildman–Crippen MR) is 76.3 cm³/mol. The number of aliphatic carboxylic acids is 1.